The standard InChI is InChI=1S/C9H15NO6/c1-7(11)15-5-3-10(9(13)14)4-6-16-8(2)12/h3-6H2,1-2H3,(H,13,14). The lowest BCUT2D eigenvalue weighted by atomic mass is 10.5. The largest absolute Gasteiger partial charge is 0.465 e. The molecular formula is C9H15NO6. The Hall–Kier alpha value is -1.79. The number of carboxylic acid groups (broad SMARTS) is 1. The minimum atomic E-state index is -1.15. The molecule has 0 aromatic heterocycles. The van der Waals surface area contributed by atoms with Gasteiger partial charge in [-0.25, -0.2) is 4.79 Å². The zero-order valence-electron chi connectivity index (χ0n) is 9.26. The second kappa shape index (κ2) is 7.49. The summed E-state index contributed by atoms with van der Waals surface area (Å²) in [5.41, 5.74) is 0. The van der Waals surface area contributed by atoms with E-state index in [1.807, 2.05) is 0 Å². The van der Waals surface area contributed by atoms with Crippen LogP contribution in [0.15, 0.2) is 0 Å². The predicted molar refractivity (Wildman–Crippen MR) is 52.9 cm³/mol. The Morgan fingerprint density at radius 1 is 1.00 bits per heavy atom. The van der Waals surface area contributed by atoms with Crippen LogP contribution in [-0.4, -0.2) is 54.3 Å². The molecule has 0 rings (SSSR count). The second-order valence-corrected chi connectivity index (χ2v) is 2.95. The molecule has 0 aromatic carbocycles. The van der Waals surface area contributed by atoms with E-state index in [0.717, 1.165) is 4.90 Å². The van der Waals surface area contributed by atoms with Crippen molar-refractivity contribution < 1.29 is 29.0 Å². The fourth-order valence-electron chi connectivity index (χ4n) is 0.902. The van der Waals surface area contributed by atoms with Gasteiger partial charge in [-0.15, -0.1) is 0 Å². The van der Waals surface area contributed by atoms with Crippen LogP contribution in [0.5, 0.6) is 0 Å². The Balaban J connectivity index is 3.84. The van der Waals surface area contributed by atoms with Crippen LogP contribution in [0.2, 0.25) is 0 Å². The van der Waals surface area contributed by atoms with Gasteiger partial charge in [0.2, 0.25) is 0 Å². The summed E-state index contributed by atoms with van der Waals surface area (Å²) in [6, 6.07) is 0. The van der Waals surface area contributed by atoms with Crippen LogP contribution in [0.25, 0.3) is 0 Å². The second-order valence-electron chi connectivity index (χ2n) is 2.95. The first-order chi connectivity index (χ1) is 7.43. The van der Waals surface area contributed by atoms with E-state index in [9.17, 15) is 14.4 Å². The van der Waals surface area contributed by atoms with Gasteiger partial charge in [0.05, 0.1) is 13.1 Å². The molecule has 92 valence electrons. The number of hydrogen-bond acceptors (Lipinski definition) is 5. The summed E-state index contributed by atoms with van der Waals surface area (Å²) in [6.07, 6.45) is -1.15. The predicted octanol–water partition coefficient (Wildman–Crippen LogP) is 0.0926. The number of hydrogen-bond donors (Lipinski definition) is 1. The number of carbonyl (C=O) groups is 3. The lowest BCUT2D eigenvalue weighted by molar-refractivity contribution is -0.141. The van der Waals surface area contributed by atoms with Crippen LogP contribution < -0.4 is 0 Å². The zero-order valence-corrected chi connectivity index (χ0v) is 9.26. The highest BCUT2D eigenvalue weighted by molar-refractivity contribution is 5.67. The number of nitrogens with zero attached hydrogens (tertiary/aromatic N) is 1. The van der Waals surface area contributed by atoms with Crippen molar-refractivity contribution in [2.45, 2.75) is 13.8 Å². The first-order valence-electron chi connectivity index (χ1n) is 4.68. The van der Waals surface area contributed by atoms with E-state index in [4.69, 9.17) is 5.11 Å². The fraction of sp³-hybridized carbons (Fsp3) is 0.667. The number of carbonyl (C=O) groups excluding carboxylic acids is 2. The molecule has 0 radical (unpaired) electrons. The smallest absolute Gasteiger partial charge is 0.407 e. The third-order valence-electron chi connectivity index (χ3n) is 1.60. The molecule has 0 bridgehead atoms. The van der Waals surface area contributed by atoms with Gasteiger partial charge in [0.25, 0.3) is 0 Å². The van der Waals surface area contributed by atoms with Crippen LogP contribution in [0.4, 0.5) is 4.79 Å². The molecule has 0 spiro atoms. The van der Waals surface area contributed by atoms with Crippen molar-refractivity contribution in [2.75, 3.05) is 26.3 Å². The molecule has 0 aliphatic carbocycles. The van der Waals surface area contributed by atoms with Crippen molar-refractivity contribution in [3.05, 3.63) is 0 Å². The first-order valence-corrected chi connectivity index (χ1v) is 4.68. The maximum Gasteiger partial charge on any atom is 0.407 e. The molecule has 0 unspecified atom stereocenters. The highest BCUT2D eigenvalue weighted by Crippen LogP contribution is 1.91. The Bertz CT molecular complexity index is 245. The average molecular weight is 233 g/mol. The number of esters is 2. The van der Waals surface area contributed by atoms with Gasteiger partial charge in [-0.2, -0.15) is 0 Å². The summed E-state index contributed by atoms with van der Waals surface area (Å²) >= 11 is 0. The topological polar surface area (TPSA) is 93.1 Å². The highest BCUT2D eigenvalue weighted by Gasteiger charge is 2.12. The maximum absolute atomic E-state index is 10.7. The molecule has 0 saturated heterocycles. The van der Waals surface area contributed by atoms with Crippen molar-refractivity contribution >= 4 is 18.0 Å². The fourth-order valence-corrected chi connectivity index (χ4v) is 0.902. The molecule has 16 heavy (non-hydrogen) atoms. The van der Waals surface area contributed by atoms with Crippen molar-refractivity contribution in [1.82, 2.24) is 4.90 Å². The van der Waals surface area contributed by atoms with E-state index >= 15 is 0 Å². The van der Waals surface area contributed by atoms with Gasteiger partial charge in [-0.3, -0.25) is 9.59 Å². The van der Waals surface area contributed by atoms with E-state index < -0.39 is 18.0 Å². The van der Waals surface area contributed by atoms with E-state index in [1.54, 1.807) is 0 Å². The Morgan fingerprint density at radius 3 is 1.62 bits per heavy atom. The van der Waals surface area contributed by atoms with E-state index in [0.29, 0.717) is 0 Å². The van der Waals surface area contributed by atoms with Gasteiger partial charge in [0.1, 0.15) is 13.2 Å². The van der Waals surface area contributed by atoms with Crippen LogP contribution >= 0.6 is 0 Å². The average Bonchev–Trinajstić information content (AvgIpc) is 2.14. The van der Waals surface area contributed by atoms with Gasteiger partial charge < -0.3 is 19.5 Å². The van der Waals surface area contributed by atoms with E-state index in [1.165, 1.54) is 13.8 Å². The quantitative estimate of drug-likeness (QED) is 0.653. The van der Waals surface area contributed by atoms with Gasteiger partial charge in [0.15, 0.2) is 0 Å². The Morgan fingerprint density at radius 2 is 1.38 bits per heavy atom. The minimum absolute atomic E-state index is 0.0122. The molecule has 0 heterocycles. The lowest BCUT2D eigenvalue weighted by Gasteiger charge is -2.18. The van der Waals surface area contributed by atoms with Gasteiger partial charge in [0, 0.05) is 13.8 Å². The normalized spacial score (nSPS) is 9.38. The lowest BCUT2D eigenvalue weighted by Crippen LogP contribution is -2.36. The highest BCUT2D eigenvalue weighted by atomic mass is 16.5. The van der Waals surface area contributed by atoms with Crippen LogP contribution in [0, 0.1) is 0 Å². The third kappa shape index (κ3) is 7.60. The van der Waals surface area contributed by atoms with Crippen LogP contribution in [0.3, 0.4) is 0 Å². The minimum Gasteiger partial charge on any atom is -0.465 e. The van der Waals surface area contributed by atoms with Crippen LogP contribution in [-0.2, 0) is 19.1 Å². The molecular weight excluding hydrogens is 218 g/mol. The molecule has 0 aliphatic rings. The van der Waals surface area contributed by atoms with Crippen molar-refractivity contribution in [1.29, 1.82) is 0 Å². The van der Waals surface area contributed by atoms with Gasteiger partial charge in [-0.05, 0) is 0 Å². The molecule has 0 fully saturated rings. The molecule has 1 N–H and O–H groups in total. The summed E-state index contributed by atoms with van der Waals surface area (Å²) in [5, 5.41) is 8.75. The Kier molecular flexibility index (Phi) is 6.66. The van der Waals surface area contributed by atoms with Crippen LogP contribution in [0.1, 0.15) is 13.8 Å². The van der Waals surface area contributed by atoms with Gasteiger partial charge >= 0.3 is 18.0 Å². The number of rotatable bonds is 6. The number of ether oxygens (including phenoxy) is 2. The molecule has 0 atom stereocenters. The maximum atomic E-state index is 10.7. The third-order valence-corrected chi connectivity index (χ3v) is 1.60. The molecule has 0 saturated carbocycles. The first kappa shape index (κ1) is 14.2. The molecule has 7 heteroatoms. The van der Waals surface area contributed by atoms with Crippen molar-refractivity contribution in [3.8, 4) is 0 Å². The summed E-state index contributed by atoms with van der Waals surface area (Å²) in [6.45, 7) is 2.56. The number of amides is 1. The summed E-state index contributed by atoms with van der Waals surface area (Å²) in [7, 11) is 0. The molecule has 7 nitrogen and oxygen atoms in total. The van der Waals surface area contributed by atoms with Crippen molar-refractivity contribution in [2.24, 2.45) is 0 Å². The van der Waals surface area contributed by atoms with E-state index in [-0.39, 0.29) is 26.3 Å². The SMILES string of the molecule is CC(=O)OCCN(CCOC(C)=O)C(=O)O. The molecule has 0 aromatic rings. The molecule has 1 amide bonds. The van der Waals surface area contributed by atoms with Gasteiger partial charge in [-0.1, -0.05) is 0 Å². The monoisotopic (exact) mass is 233 g/mol. The van der Waals surface area contributed by atoms with E-state index in [2.05, 4.69) is 9.47 Å². The summed E-state index contributed by atoms with van der Waals surface area (Å²) < 4.78 is 9.20. The summed E-state index contributed by atoms with van der Waals surface area (Å²) in [5.74, 6) is -0.935. The Labute approximate surface area is 92.9 Å². The zero-order chi connectivity index (χ0) is 12.6. The van der Waals surface area contributed by atoms with Crippen molar-refractivity contribution in [3.63, 3.8) is 0 Å². The summed E-state index contributed by atoms with van der Waals surface area (Å²) in [4.78, 5) is 32.6. The molecule has 0 aliphatic heterocycles.